The van der Waals surface area contributed by atoms with Crippen LogP contribution in [0.1, 0.15) is 27.7 Å². The van der Waals surface area contributed by atoms with Crippen LogP contribution in [0.15, 0.2) is 17.4 Å². The molecule has 1 amide bonds. The van der Waals surface area contributed by atoms with Crippen LogP contribution in [-0.4, -0.2) is 31.3 Å². The van der Waals surface area contributed by atoms with Crippen LogP contribution < -0.4 is 5.32 Å². The standard InChI is InChI=1S/C15H17Cl2N5OS/c1-8(2)15(4,7-18)19-13(23)9(3)24-14-21-20-12-11(17)5-10(16)6-22(12)14/h5-6,8-9H,1-4H3,(H,19,23). The maximum atomic E-state index is 12.4. The lowest BCUT2D eigenvalue weighted by atomic mass is 9.90. The van der Waals surface area contributed by atoms with Gasteiger partial charge >= 0.3 is 0 Å². The van der Waals surface area contributed by atoms with Crippen molar-refractivity contribution in [2.45, 2.75) is 43.6 Å². The van der Waals surface area contributed by atoms with Gasteiger partial charge in [0.2, 0.25) is 5.91 Å². The zero-order valence-electron chi connectivity index (χ0n) is 13.7. The summed E-state index contributed by atoms with van der Waals surface area (Å²) in [5, 5.41) is 21.0. The number of carbonyl (C=O) groups is 1. The summed E-state index contributed by atoms with van der Waals surface area (Å²) in [6, 6.07) is 3.74. The second kappa shape index (κ2) is 7.18. The number of rotatable bonds is 5. The number of fused-ring (bicyclic) bond motifs is 1. The molecule has 0 saturated carbocycles. The van der Waals surface area contributed by atoms with Gasteiger partial charge in [-0.1, -0.05) is 48.8 Å². The number of nitriles is 1. The van der Waals surface area contributed by atoms with Gasteiger partial charge in [-0.15, -0.1) is 10.2 Å². The summed E-state index contributed by atoms with van der Waals surface area (Å²) >= 11 is 13.3. The first-order chi connectivity index (χ1) is 11.2. The van der Waals surface area contributed by atoms with E-state index in [9.17, 15) is 10.1 Å². The fourth-order valence-electron chi connectivity index (χ4n) is 1.85. The van der Waals surface area contributed by atoms with Crippen LogP contribution in [-0.2, 0) is 4.79 Å². The molecule has 9 heteroatoms. The minimum atomic E-state index is -0.925. The van der Waals surface area contributed by atoms with Gasteiger partial charge in [0.15, 0.2) is 10.8 Å². The lowest BCUT2D eigenvalue weighted by Gasteiger charge is -2.28. The number of hydrogen-bond acceptors (Lipinski definition) is 5. The molecule has 0 aliphatic carbocycles. The van der Waals surface area contributed by atoms with Gasteiger partial charge in [0.1, 0.15) is 5.54 Å². The minimum Gasteiger partial charge on any atom is -0.337 e. The molecule has 24 heavy (non-hydrogen) atoms. The molecule has 2 unspecified atom stereocenters. The molecule has 0 saturated heterocycles. The van der Waals surface area contributed by atoms with Crippen LogP contribution in [0.25, 0.3) is 5.65 Å². The molecule has 128 valence electrons. The Hall–Kier alpha value is -1.49. The maximum Gasteiger partial charge on any atom is 0.234 e. The molecule has 0 fully saturated rings. The molecule has 6 nitrogen and oxygen atoms in total. The average Bonchev–Trinajstić information content (AvgIpc) is 2.90. The number of nitrogens with one attached hydrogen (secondary N) is 1. The quantitative estimate of drug-likeness (QED) is 0.795. The number of hydrogen-bond donors (Lipinski definition) is 1. The number of aromatic nitrogens is 3. The normalized spacial score (nSPS) is 15.1. The van der Waals surface area contributed by atoms with Crippen molar-refractivity contribution in [1.29, 1.82) is 5.26 Å². The molecule has 0 aliphatic rings. The Morgan fingerprint density at radius 2 is 2.08 bits per heavy atom. The molecule has 0 spiro atoms. The summed E-state index contributed by atoms with van der Waals surface area (Å²) in [7, 11) is 0. The van der Waals surface area contributed by atoms with Crippen LogP contribution in [0.3, 0.4) is 0 Å². The summed E-state index contributed by atoms with van der Waals surface area (Å²) in [5.74, 6) is -0.266. The number of amides is 1. The first-order valence-corrected chi connectivity index (χ1v) is 8.91. The topological polar surface area (TPSA) is 83.1 Å². The molecule has 2 aromatic heterocycles. The van der Waals surface area contributed by atoms with E-state index in [-0.39, 0.29) is 11.8 Å². The minimum absolute atomic E-state index is 0.0183. The Labute approximate surface area is 154 Å². The van der Waals surface area contributed by atoms with Crippen LogP contribution >= 0.6 is 35.0 Å². The van der Waals surface area contributed by atoms with E-state index in [4.69, 9.17) is 23.2 Å². The third-order valence-corrected chi connectivity index (χ3v) is 5.36. The first kappa shape index (κ1) is 18.8. The SMILES string of the molecule is CC(Sc1nnc2c(Cl)cc(Cl)cn12)C(=O)NC(C)(C#N)C(C)C. The molecule has 0 bridgehead atoms. The summed E-state index contributed by atoms with van der Waals surface area (Å²) in [5.41, 5.74) is -0.453. The Morgan fingerprint density at radius 1 is 1.42 bits per heavy atom. The van der Waals surface area contributed by atoms with Crippen molar-refractivity contribution in [1.82, 2.24) is 19.9 Å². The molecule has 0 aromatic carbocycles. The lowest BCUT2D eigenvalue weighted by Crippen LogP contribution is -2.51. The number of nitrogens with zero attached hydrogens (tertiary/aromatic N) is 4. The highest BCUT2D eigenvalue weighted by atomic mass is 35.5. The largest absolute Gasteiger partial charge is 0.337 e. The molecule has 1 N–H and O–H groups in total. The Morgan fingerprint density at radius 3 is 2.67 bits per heavy atom. The number of halogens is 2. The lowest BCUT2D eigenvalue weighted by molar-refractivity contribution is -0.121. The van der Waals surface area contributed by atoms with Crippen molar-refractivity contribution in [2.24, 2.45) is 5.92 Å². The van der Waals surface area contributed by atoms with Gasteiger partial charge in [-0.25, -0.2) is 0 Å². The van der Waals surface area contributed by atoms with Gasteiger partial charge in [0, 0.05) is 6.20 Å². The second-order valence-corrected chi connectivity index (χ2v) is 8.05. The van der Waals surface area contributed by atoms with E-state index < -0.39 is 10.8 Å². The molecule has 2 aromatic rings. The first-order valence-electron chi connectivity index (χ1n) is 7.27. The van der Waals surface area contributed by atoms with E-state index in [1.54, 1.807) is 30.5 Å². The molecular weight excluding hydrogens is 369 g/mol. The van der Waals surface area contributed by atoms with E-state index >= 15 is 0 Å². The van der Waals surface area contributed by atoms with E-state index in [1.165, 1.54) is 11.8 Å². The zero-order valence-corrected chi connectivity index (χ0v) is 16.0. The molecule has 0 aliphatic heterocycles. The summed E-state index contributed by atoms with van der Waals surface area (Å²) in [6.45, 7) is 7.22. The van der Waals surface area contributed by atoms with Gasteiger partial charge in [-0.2, -0.15) is 5.26 Å². The number of carbonyl (C=O) groups excluding carboxylic acids is 1. The van der Waals surface area contributed by atoms with Crippen molar-refractivity contribution in [3.63, 3.8) is 0 Å². The van der Waals surface area contributed by atoms with Gasteiger partial charge in [-0.3, -0.25) is 9.20 Å². The summed E-state index contributed by atoms with van der Waals surface area (Å²) < 4.78 is 1.64. The molecule has 0 radical (unpaired) electrons. The third kappa shape index (κ3) is 3.77. The van der Waals surface area contributed by atoms with E-state index in [2.05, 4.69) is 21.6 Å². The van der Waals surface area contributed by atoms with Crippen LogP contribution in [0.2, 0.25) is 10.0 Å². The van der Waals surface area contributed by atoms with Gasteiger partial charge in [0.05, 0.1) is 21.4 Å². The van der Waals surface area contributed by atoms with Gasteiger partial charge < -0.3 is 5.32 Å². The summed E-state index contributed by atoms with van der Waals surface area (Å²) in [6.07, 6.45) is 1.64. The van der Waals surface area contributed by atoms with E-state index in [0.29, 0.717) is 20.8 Å². The third-order valence-electron chi connectivity index (χ3n) is 3.82. The monoisotopic (exact) mass is 385 g/mol. The number of pyridine rings is 1. The fourth-order valence-corrected chi connectivity index (χ4v) is 3.19. The van der Waals surface area contributed by atoms with Crippen molar-refractivity contribution < 1.29 is 4.79 Å². The van der Waals surface area contributed by atoms with Crippen LogP contribution in [0, 0.1) is 17.2 Å². The molecule has 2 atom stereocenters. The average molecular weight is 386 g/mol. The molecular formula is C15H17Cl2N5OS. The van der Waals surface area contributed by atoms with Gasteiger partial charge in [0.25, 0.3) is 0 Å². The van der Waals surface area contributed by atoms with Crippen molar-refractivity contribution >= 4 is 46.5 Å². The van der Waals surface area contributed by atoms with Crippen molar-refractivity contribution in [3.8, 4) is 6.07 Å². The highest BCUT2D eigenvalue weighted by molar-refractivity contribution is 8.00. The fraction of sp³-hybridized carbons (Fsp3) is 0.467. The number of thioether (sulfide) groups is 1. The highest BCUT2D eigenvalue weighted by Gasteiger charge is 2.32. The second-order valence-electron chi connectivity index (χ2n) is 5.90. The smallest absolute Gasteiger partial charge is 0.234 e. The molecule has 2 heterocycles. The van der Waals surface area contributed by atoms with Crippen molar-refractivity contribution in [2.75, 3.05) is 0 Å². The Balaban J connectivity index is 2.20. The van der Waals surface area contributed by atoms with Crippen molar-refractivity contribution in [3.05, 3.63) is 22.3 Å². The van der Waals surface area contributed by atoms with Crippen LogP contribution in [0.4, 0.5) is 0 Å². The molecule has 2 rings (SSSR count). The highest BCUT2D eigenvalue weighted by Crippen LogP contribution is 2.28. The maximum absolute atomic E-state index is 12.4. The van der Waals surface area contributed by atoms with E-state index in [1.807, 2.05) is 13.8 Å². The summed E-state index contributed by atoms with van der Waals surface area (Å²) in [4.78, 5) is 12.4. The Kier molecular flexibility index (Phi) is 5.63. The predicted molar refractivity (Wildman–Crippen MR) is 95.3 cm³/mol. The van der Waals surface area contributed by atoms with E-state index in [0.717, 1.165) is 0 Å². The predicted octanol–water partition coefficient (Wildman–Crippen LogP) is 3.57. The Bertz CT molecular complexity index is 816. The zero-order chi connectivity index (χ0) is 18.1. The van der Waals surface area contributed by atoms with Crippen LogP contribution in [0.5, 0.6) is 0 Å². The van der Waals surface area contributed by atoms with Gasteiger partial charge in [-0.05, 0) is 25.8 Å².